The number of aromatic nitrogens is 3. The van der Waals surface area contributed by atoms with E-state index in [9.17, 15) is 0 Å². The van der Waals surface area contributed by atoms with Gasteiger partial charge in [-0.1, -0.05) is 184 Å². The van der Waals surface area contributed by atoms with E-state index in [2.05, 4.69) is 237 Å². The van der Waals surface area contributed by atoms with Crippen molar-refractivity contribution in [2.45, 2.75) is 19.3 Å². The van der Waals surface area contributed by atoms with Crippen molar-refractivity contribution in [3.05, 3.63) is 236 Å². The summed E-state index contributed by atoms with van der Waals surface area (Å²) in [5.74, 6) is 0.698. The van der Waals surface area contributed by atoms with Crippen LogP contribution in [0.3, 0.4) is 0 Å². The van der Waals surface area contributed by atoms with Crippen molar-refractivity contribution in [3.63, 3.8) is 0 Å². The van der Waals surface area contributed by atoms with Crippen molar-refractivity contribution < 1.29 is 0 Å². The average Bonchev–Trinajstić information content (AvgIpc) is 3.83. The second-order valence-electron chi connectivity index (χ2n) is 18.1. The van der Waals surface area contributed by atoms with E-state index >= 15 is 0 Å². The van der Waals surface area contributed by atoms with Crippen LogP contribution in [0.5, 0.6) is 0 Å². The van der Waals surface area contributed by atoms with Crippen LogP contribution in [0.25, 0.3) is 116 Å². The molecule has 12 aromatic rings. The average molecular weight is 842 g/mol. The third-order valence-electron chi connectivity index (χ3n) is 14.0. The first-order valence-electron chi connectivity index (χ1n) is 22.8. The summed E-state index contributed by atoms with van der Waals surface area (Å²) in [5, 5.41) is 7.36. The van der Waals surface area contributed by atoms with Gasteiger partial charge in [0.2, 0.25) is 0 Å². The molecule has 13 rings (SSSR count). The van der Waals surface area contributed by atoms with Gasteiger partial charge in [0.05, 0.1) is 22.4 Å². The van der Waals surface area contributed by atoms with Gasteiger partial charge >= 0.3 is 0 Å². The monoisotopic (exact) mass is 841 g/mol. The van der Waals surface area contributed by atoms with Gasteiger partial charge < -0.3 is 4.57 Å². The number of para-hydroxylation sites is 2. The van der Waals surface area contributed by atoms with Crippen LogP contribution < -0.4 is 0 Å². The first-order valence-corrected chi connectivity index (χ1v) is 22.8. The Morgan fingerprint density at radius 1 is 0.348 bits per heavy atom. The van der Waals surface area contributed by atoms with Crippen LogP contribution in [-0.4, -0.2) is 14.5 Å². The summed E-state index contributed by atoms with van der Waals surface area (Å²) < 4.78 is 2.36. The standard InChI is InChI=1S/C63H43N3/c1-63(2)55-29-16-28-52(61(55)54-37-42-19-9-10-20-43(42)38-56(54)63)49-32-33-50(48-26-12-11-25-47(48)49)58-39-57(64-62(65-58)40-17-5-3-6-18-40)45-22-15-21-41(35-45)44-31-34-60-53(36-44)51-27-13-14-30-59(51)66(60)46-23-7-4-8-24-46/h3-39H,1-2H3. The highest BCUT2D eigenvalue weighted by Gasteiger charge is 2.37. The molecule has 0 fully saturated rings. The van der Waals surface area contributed by atoms with Gasteiger partial charge in [-0.05, 0) is 121 Å². The lowest BCUT2D eigenvalue weighted by Crippen LogP contribution is -2.14. The molecule has 0 radical (unpaired) electrons. The Labute approximate surface area is 384 Å². The van der Waals surface area contributed by atoms with E-state index in [1.54, 1.807) is 0 Å². The number of nitrogens with zero attached hydrogens (tertiary/aromatic N) is 3. The Hall–Kier alpha value is -8.40. The fraction of sp³-hybridized carbons (Fsp3) is 0.0476. The summed E-state index contributed by atoms with van der Waals surface area (Å²) in [4.78, 5) is 10.6. The van der Waals surface area contributed by atoms with Crippen molar-refractivity contribution in [3.8, 4) is 73.0 Å². The topological polar surface area (TPSA) is 30.7 Å². The minimum atomic E-state index is -0.126. The lowest BCUT2D eigenvalue weighted by molar-refractivity contribution is 0.661. The first kappa shape index (κ1) is 38.1. The van der Waals surface area contributed by atoms with E-state index in [0.29, 0.717) is 5.82 Å². The van der Waals surface area contributed by atoms with Crippen molar-refractivity contribution in [1.29, 1.82) is 0 Å². The van der Waals surface area contributed by atoms with Gasteiger partial charge in [0, 0.05) is 38.6 Å². The zero-order valence-electron chi connectivity index (χ0n) is 36.7. The predicted molar refractivity (Wildman–Crippen MR) is 276 cm³/mol. The Kier molecular flexibility index (Phi) is 8.56. The van der Waals surface area contributed by atoms with Gasteiger partial charge in [-0.15, -0.1) is 0 Å². The van der Waals surface area contributed by atoms with E-state index in [1.807, 2.05) is 6.07 Å². The smallest absolute Gasteiger partial charge is 0.160 e. The fourth-order valence-electron chi connectivity index (χ4n) is 10.8. The lowest BCUT2D eigenvalue weighted by atomic mass is 9.81. The summed E-state index contributed by atoms with van der Waals surface area (Å²) in [6.45, 7) is 4.74. The molecule has 2 heterocycles. The van der Waals surface area contributed by atoms with Crippen LogP contribution in [0, 0.1) is 0 Å². The Bertz CT molecular complexity index is 3900. The molecular weight excluding hydrogens is 799 g/mol. The minimum Gasteiger partial charge on any atom is -0.309 e. The Balaban J connectivity index is 0.953. The molecule has 0 N–H and O–H groups in total. The van der Waals surface area contributed by atoms with Crippen LogP contribution >= 0.6 is 0 Å². The number of benzene rings is 10. The molecule has 310 valence electrons. The van der Waals surface area contributed by atoms with E-state index in [4.69, 9.17) is 9.97 Å². The highest BCUT2D eigenvalue weighted by Crippen LogP contribution is 2.54. The minimum absolute atomic E-state index is 0.126. The lowest BCUT2D eigenvalue weighted by Gasteiger charge is -2.22. The van der Waals surface area contributed by atoms with E-state index in [1.165, 1.54) is 71.3 Å². The quantitative estimate of drug-likeness (QED) is 0.167. The molecule has 2 aromatic heterocycles. The Morgan fingerprint density at radius 2 is 0.955 bits per heavy atom. The van der Waals surface area contributed by atoms with Gasteiger partial charge in [0.1, 0.15) is 0 Å². The summed E-state index contributed by atoms with van der Waals surface area (Å²) in [6, 6.07) is 81.3. The van der Waals surface area contributed by atoms with Crippen molar-refractivity contribution >= 4 is 43.4 Å². The normalized spacial score (nSPS) is 12.8. The van der Waals surface area contributed by atoms with Crippen LogP contribution in [0.1, 0.15) is 25.0 Å². The third kappa shape index (κ3) is 5.97. The van der Waals surface area contributed by atoms with Gasteiger partial charge in [0.25, 0.3) is 0 Å². The predicted octanol–water partition coefficient (Wildman–Crippen LogP) is 16.5. The molecule has 66 heavy (non-hydrogen) atoms. The molecule has 0 atom stereocenters. The highest BCUT2D eigenvalue weighted by molar-refractivity contribution is 6.11. The molecule has 0 unspecified atom stereocenters. The van der Waals surface area contributed by atoms with Gasteiger partial charge in [-0.3, -0.25) is 0 Å². The second kappa shape index (κ2) is 14.8. The number of rotatable bonds is 6. The summed E-state index contributed by atoms with van der Waals surface area (Å²) in [7, 11) is 0. The van der Waals surface area contributed by atoms with Crippen LogP contribution in [0.2, 0.25) is 0 Å². The van der Waals surface area contributed by atoms with Crippen LogP contribution in [0.15, 0.2) is 224 Å². The van der Waals surface area contributed by atoms with Crippen molar-refractivity contribution in [1.82, 2.24) is 14.5 Å². The molecule has 10 aromatic carbocycles. The van der Waals surface area contributed by atoms with Gasteiger partial charge in [-0.2, -0.15) is 0 Å². The third-order valence-corrected chi connectivity index (χ3v) is 14.0. The van der Waals surface area contributed by atoms with E-state index in [0.717, 1.165) is 50.3 Å². The zero-order valence-corrected chi connectivity index (χ0v) is 36.7. The largest absolute Gasteiger partial charge is 0.309 e. The molecule has 0 saturated carbocycles. The molecule has 0 spiro atoms. The second-order valence-corrected chi connectivity index (χ2v) is 18.1. The molecule has 0 amide bonds. The maximum Gasteiger partial charge on any atom is 0.160 e. The molecule has 1 aliphatic rings. The maximum absolute atomic E-state index is 5.35. The first-order chi connectivity index (χ1) is 32.5. The van der Waals surface area contributed by atoms with Gasteiger partial charge in [-0.25, -0.2) is 9.97 Å². The van der Waals surface area contributed by atoms with Crippen molar-refractivity contribution in [2.24, 2.45) is 0 Å². The number of hydrogen-bond donors (Lipinski definition) is 0. The fourth-order valence-corrected chi connectivity index (χ4v) is 10.8. The molecule has 3 heteroatoms. The molecule has 0 aliphatic heterocycles. The van der Waals surface area contributed by atoms with Gasteiger partial charge in [0.15, 0.2) is 5.82 Å². The molecule has 1 aliphatic carbocycles. The molecule has 0 saturated heterocycles. The molecule has 0 bridgehead atoms. The molecular formula is C63H43N3. The summed E-state index contributed by atoms with van der Waals surface area (Å²) >= 11 is 0. The Morgan fingerprint density at radius 3 is 1.77 bits per heavy atom. The number of hydrogen-bond acceptors (Lipinski definition) is 2. The SMILES string of the molecule is CC1(C)c2cc3ccccc3cc2-c2c(-c3ccc(-c4cc(-c5cccc(-c6ccc7c(c6)c6ccccc6n7-c6ccccc6)c5)nc(-c5ccccc5)n4)c4ccccc34)cccc21. The zero-order chi connectivity index (χ0) is 43.9. The van der Waals surface area contributed by atoms with Crippen molar-refractivity contribution in [2.75, 3.05) is 0 Å². The van der Waals surface area contributed by atoms with Crippen LogP contribution in [0.4, 0.5) is 0 Å². The number of fused-ring (bicyclic) bond motifs is 8. The molecule has 3 nitrogen and oxygen atoms in total. The van der Waals surface area contributed by atoms with Crippen LogP contribution in [-0.2, 0) is 5.41 Å². The summed E-state index contributed by atoms with van der Waals surface area (Å²) in [6.07, 6.45) is 0. The highest BCUT2D eigenvalue weighted by atomic mass is 15.0. The maximum atomic E-state index is 5.35. The summed E-state index contributed by atoms with van der Waals surface area (Å²) in [5.41, 5.74) is 18.4. The van der Waals surface area contributed by atoms with E-state index in [-0.39, 0.29) is 5.41 Å². The van der Waals surface area contributed by atoms with E-state index < -0.39 is 0 Å².